The molecule has 0 unspecified atom stereocenters. The maximum Gasteiger partial charge on any atom is 0.257 e. The molecule has 4 nitrogen and oxygen atoms in total. The Bertz CT molecular complexity index is 540. The Balaban J connectivity index is 2.07. The highest BCUT2D eigenvalue weighted by molar-refractivity contribution is 7.13. The average molecular weight is 243 g/mol. The van der Waals surface area contributed by atoms with Crippen LogP contribution in [0.5, 0.6) is 0 Å². The first-order valence-corrected chi connectivity index (χ1v) is 5.84. The van der Waals surface area contributed by atoms with Gasteiger partial charge in [0.25, 0.3) is 5.91 Å². The number of amides is 1. The molecule has 84 valence electrons. The number of nitrogens with one attached hydrogen (secondary N) is 1. The summed E-state index contributed by atoms with van der Waals surface area (Å²) in [7, 11) is 0. The zero-order chi connectivity index (χ0) is 12.1. The fourth-order valence-corrected chi connectivity index (χ4v) is 1.84. The average Bonchev–Trinajstić information content (AvgIpc) is 2.83. The molecule has 1 heterocycles. The van der Waals surface area contributed by atoms with E-state index in [1.807, 2.05) is 0 Å². The van der Waals surface area contributed by atoms with Gasteiger partial charge in [0.2, 0.25) is 0 Å². The number of aromatic nitrogens is 1. The second-order valence-electron chi connectivity index (χ2n) is 3.32. The molecule has 0 saturated carbocycles. The number of carbonyl (C=O) groups is 1. The van der Waals surface area contributed by atoms with Crippen LogP contribution in [0.2, 0.25) is 0 Å². The van der Waals surface area contributed by atoms with E-state index < -0.39 is 0 Å². The quantitative estimate of drug-likeness (QED) is 0.900. The van der Waals surface area contributed by atoms with Gasteiger partial charge in [-0.15, -0.1) is 11.3 Å². The number of carbonyl (C=O) groups excluding carboxylic acids is 1. The Labute approximate surface area is 103 Å². The molecule has 17 heavy (non-hydrogen) atoms. The van der Waals surface area contributed by atoms with E-state index in [9.17, 15) is 4.79 Å². The third kappa shape index (κ3) is 2.89. The lowest BCUT2D eigenvalue weighted by molar-refractivity contribution is 0.102. The van der Waals surface area contributed by atoms with Crippen molar-refractivity contribution in [2.75, 3.05) is 5.32 Å². The molecule has 1 aromatic carbocycles. The van der Waals surface area contributed by atoms with Crippen LogP contribution in [0.4, 0.5) is 5.13 Å². The molecule has 1 aromatic heterocycles. The summed E-state index contributed by atoms with van der Waals surface area (Å²) in [5.41, 5.74) is 1.46. The van der Waals surface area contributed by atoms with Gasteiger partial charge in [-0.2, -0.15) is 5.26 Å². The molecule has 5 heteroatoms. The zero-order valence-corrected chi connectivity index (χ0v) is 9.70. The van der Waals surface area contributed by atoms with Crippen LogP contribution in [0.1, 0.15) is 15.9 Å². The van der Waals surface area contributed by atoms with Gasteiger partial charge >= 0.3 is 0 Å². The van der Waals surface area contributed by atoms with Crippen LogP contribution in [0.3, 0.4) is 0 Å². The van der Waals surface area contributed by atoms with Crippen LogP contribution in [0, 0.1) is 11.3 Å². The van der Waals surface area contributed by atoms with Crippen molar-refractivity contribution in [3.63, 3.8) is 0 Å². The maximum atomic E-state index is 11.8. The number of rotatable bonds is 3. The fourth-order valence-electron chi connectivity index (χ4n) is 1.32. The first kappa shape index (κ1) is 11.3. The summed E-state index contributed by atoms with van der Waals surface area (Å²) in [5, 5.41) is 13.6. The van der Waals surface area contributed by atoms with E-state index >= 15 is 0 Å². The lowest BCUT2D eigenvalue weighted by Gasteiger charge is -2.02. The molecule has 0 fully saturated rings. The van der Waals surface area contributed by atoms with Gasteiger partial charge in [0.15, 0.2) is 5.13 Å². The van der Waals surface area contributed by atoms with Gasteiger partial charge in [-0.05, 0) is 17.7 Å². The fraction of sp³-hybridized carbons (Fsp3) is 0.0833. The predicted molar refractivity (Wildman–Crippen MR) is 65.8 cm³/mol. The van der Waals surface area contributed by atoms with Crippen LogP contribution in [-0.4, -0.2) is 10.9 Å². The van der Waals surface area contributed by atoms with Gasteiger partial charge in [0.1, 0.15) is 0 Å². The second-order valence-corrected chi connectivity index (χ2v) is 4.22. The maximum absolute atomic E-state index is 11.8. The molecule has 2 aromatic rings. The molecule has 0 aliphatic heterocycles. The van der Waals surface area contributed by atoms with Gasteiger partial charge in [-0.1, -0.05) is 12.1 Å². The lowest BCUT2D eigenvalue weighted by Crippen LogP contribution is -2.11. The van der Waals surface area contributed by atoms with Crippen molar-refractivity contribution in [2.45, 2.75) is 6.42 Å². The third-order valence-electron chi connectivity index (χ3n) is 2.15. The van der Waals surface area contributed by atoms with Crippen LogP contribution < -0.4 is 5.32 Å². The molecule has 0 atom stereocenters. The molecule has 0 aliphatic carbocycles. The number of benzene rings is 1. The molecule has 0 bridgehead atoms. The Morgan fingerprint density at radius 1 is 1.41 bits per heavy atom. The number of hydrogen-bond acceptors (Lipinski definition) is 4. The Hall–Kier alpha value is -2.19. The predicted octanol–water partition coefficient (Wildman–Crippen LogP) is 2.46. The summed E-state index contributed by atoms with van der Waals surface area (Å²) >= 11 is 1.37. The molecule has 0 radical (unpaired) electrons. The topological polar surface area (TPSA) is 65.8 Å². The summed E-state index contributed by atoms with van der Waals surface area (Å²) < 4.78 is 0. The normalized spacial score (nSPS) is 9.59. The third-order valence-corrected chi connectivity index (χ3v) is 2.84. The number of anilines is 1. The van der Waals surface area contributed by atoms with Crippen LogP contribution in [-0.2, 0) is 6.42 Å². The molecule has 2 rings (SSSR count). The summed E-state index contributed by atoms with van der Waals surface area (Å²) in [5.74, 6) is -0.191. The zero-order valence-electron chi connectivity index (χ0n) is 8.88. The number of thiazole rings is 1. The van der Waals surface area contributed by atoms with E-state index in [4.69, 9.17) is 5.26 Å². The molecular formula is C12H9N3OS. The van der Waals surface area contributed by atoms with Crippen LogP contribution >= 0.6 is 11.3 Å². The van der Waals surface area contributed by atoms with Gasteiger partial charge < -0.3 is 0 Å². The molecule has 0 spiro atoms. The molecule has 0 saturated heterocycles. The number of nitrogens with zero attached hydrogens (tertiary/aromatic N) is 2. The highest BCUT2D eigenvalue weighted by atomic mass is 32.1. The Morgan fingerprint density at radius 3 is 2.76 bits per heavy atom. The first-order valence-electron chi connectivity index (χ1n) is 4.96. The van der Waals surface area contributed by atoms with Crippen molar-refractivity contribution in [1.82, 2.24) is 4.98 Å². The van der Waals surface area contributed by atoms with E-state index in [2.05, 4.69) is 16.4 Å². The lowest BCUT2D eigenvalue weighted by atomic mass is 10.1. The van der Waals surface area contributed by atoms with Crippen LogP contribution in [0.15, 0.2) is 35.8 Å². The largest absolute Gasteiger partial charge is 0.298 e. The molecule has 1 N–H and O–H groups in total. The molecule has 1 amide bonds. The molecule has 0 aliphatic rings. The van der Waals surface area contributed by atoms with E-state index in [0.717, 1.165) is 5.56 Å². The van der Waals surface area contributed by atoms with Crippen molar-refractivity contribution in [3.8, 4) is 6.07 Å². The minimum absolute atomic E-state index is 0.191. The van der Waals surface area contributed by atoms with Crippen molar-refractivity contribution >= 4 is 22.4 Å². The van der Waals surface area contributed by atoms with Gasteiger partial charge in [0, 0.05) is 17.1 Å². The van der Waals surface area contributed by atoms with Crippen molar-refractivity contribution < 1.29 is 4.79 Å². The minimum Gasteiger partial charge on any atom is -0.298 e. The Morgan fingerprint density at radius 2 is 2.18 bits per heavy atom. The van der Waals surface area contributed by atoms with E-state index in [0.29, 0.717) is 17.1 Å². The van der Waals surface area contributed by atoms with Gasteiger partial charge in [-0.3, -0.25) is 10.1 Å². The standard InChI is InChI=1S/C12H9N3OS/c13-6-5-9-1-3-10(4-2-9)11(16)15-12-14-7-8-17-12/h1-4,7-8H,5H2,(H,14,15,16). The summed E-state index contributed by atoms with van der Waals surface area (Å²) in [6.45, 7) is 0. The number of nitriles is 1. The van der Waals surface area contributed by atoms with E-state index in [1.165, 1.54) is 11.3 Å². The van der Waals surface area contributed by atoms with Crippen molar-refractivity contribution in [1.29, 1.82) is 5.26 Å². The minimum atomic E-state index is -0.191. The number of hydrogen-bond donors (Lipinski definition) is 1. The van der Waals surface area contributed by atoms with Gasteiger partial charge in [0.05, 0.1) is 12.5 Å². The highest BCUT2D eigenvalue weighted by Gasteiger charge is 2.06. The summed E-state index contributed by atoms with van der Waals surface area (Å²) in [6, 6.07) is 9.02. The first-order chi connectivity index (χ1) is 8.29. The monoisotopic (exact) mass is 243 g/mol. The van der Waals surface area contributed by atoms with Crippen LogP contribution in [0.25, 0.3) is 0 Å². The van der Waals surface area contributed by atoms with Crippen molar-refractivity contribution in [3.05, 3.63) is 47.0 Å². The van der Waals surface area contributed by atoms with Gasteiger partial charge in [-0.25, -0.2) is 4.98 Å². The Kier molecular flexibility index (Phi) is 3.48. The highest BCUT2D eigenvalue weighted by Crippen LogP contribution is 2.12. The van der Waals surface area contributed by atoms with E-state index in [-0.39, 0.29) is 5.91 Å². The smallest absolute Gasteiger partial charge is 0.257 e. The van der Waals surface area contributed by atoms with Crippen molar-refractivity contribution in [2.24, 2.45) is 0 Å². The SMILES string of the molecule is N#CCc1ccc(C(=O)Nc2nccs2)cc1. The summed E-state index contributed by atoms with van der Waals surface area (Å²) in [4.78, 5) is 15.7. The second kappa shape index (κ2) is 5.23. The summed E-state index contributed by atoms with van der Waals surface area (Å²) in [6.07, 6.45) is 1.99. The molecular weight excluding hydrogens is 234 g/mol. The van der Waals surface area contributed by atoms with E-state index in [1.54, 1.807) is 35.8 Å².